The molecule has 0 saturated carbocycles. The number of hydrogen-bond acceptors (Lipinski definition) is 4. The molecule has 0 spiro atoms. The molecule has 120 valence electrons. The number of esters is 1. The van der Waals surface area contributed by atoms with Gasteiger partial charge in [-0.05, 0) is 39.5 Å². The molecule has 2 aliphatic heterocycles. The average Bonchev–Trinajstić information content (AvgIpc) is 2.72. The molecule has 1 amide bonds. The van der Waals surface area contributed by atoms with E-state index in [1.54, 1.807) is 0 Å². The zero-order chi connectivity index (χ0) is 15.6. The summed E-state index contributed by atoms with van der Waals surface area (Å²) in [5.41, 5.74) is 0. The highest BCUT2D eigenvalue weighted by Crippen LogP contribution is 2.34. The summed E-state index contributed by atoms with van der Waals surface area (Å²) in [4.78, 5) is 26.5. The lowest BCUT2D eigenvalue weighted by Crippen LogP contribution is -2.47. The summed E-state index contributed by atoms with van der Waals surface area (Å²) in [6.45, 7) is 9.49. The van der Waals surface area contributed by atoms with Crippen LogP contribution in [0.2, 0.25) is 0 Å². The number of ether oxygens (including phenoxy) is 2. The van der Waals surface area contributed by atoms with E-state index in [1.807, 2.05) is 25.7 Å². The number of carbonyl (C=O) groups excluding carboxylic acids is 2. The lowest BCUT2D eigenvalue weighted by atomic mass is 9.87. The van der Waals surface area contributed by atoms with Crippen LogP contribution in [0.5, 0.6) is 0 Å². The molecular weight excluding hydrogens is 270 g/mol. The Labute approximate surface area is 127 Å². The van der Waals surface area contributed by atoms with Crippen LogP contribution in [0.3, 0.4) is 0 Å². The number of piperidine rings is 1. The van der Waals surface area contributed by atoms with Crippen LogP contribution in [0.4, 0.5) is 0 Å². The Morgan fingerprint density at radius 2 is 1.95 bits per heavy atom. The van der Waals surface area contributed by atoms with Crippen molar-refractivity contribution in [2.75, 3.05) is 19.7 Å². The van der Waals surface area contributed by atoms with Gasteiger partial charge in [0.05, 0.1) is 30.7 Å². The molecule has 0 N–H and O–H groups in total. The Hall–Kier alpha value is -1.10. The standard InChI is InChI=1S/C16H27NO4/c1-5-20-16(19)13-7-6-8-17(9-13)15(18)14-10(2)11(3)21-12(14)4/h10-14H,5-9H2,1-4H3. The van der Waals surface area contributed by atoms with Crippen LogP contribution in [0.1, 0.15) is 40.5 Å². The maximum atomic E-state index is 12.8. The van der Waals surface area contributed by atoms with Crippen molar-refractivity contribution in [3.05, 3.63) is 0 Å². The Morgan fingerprint density at radius 1 is 1.24 bits per heavy atom. The van der Waals surface area contributed by atoms with E-state index in [9.17, 15) is 9.59 Å². The highest BCUT2D eigenvalue weighted by atomic mass is 16.5. The number of nitrogens with zero attached hydrogens (tertiary/aromatic N) is 1. The first-order valence-electron chi connectivity index (χ1n) is 8.06. The molecule has 2 heterocycles. The summed E-state index contributed by atoms with van der Waals surface area (Å²) < 4.78 is 10.9. The van der Waals surface area contributed by atoms with Gasteiger partial charge in [-0.3, -0.25) is 9.59 Å². The lowest BCUT2D eigenvalue weighted by molar-refractivity contribution is -0.152. The van der Waals surface area contributed by atoms with Gasteiger partial charge in [0.25, 0.3) is 0 Å². The smallest absolute Gasteiger partial charge is 0.310 e. The summed E-state index contributed by atoms with van der Waals surface area (Å²) in [5, 5.41) is 0. The summed E-state index contributed by atoms with van der Waals surface area (Å²) in [6.07, 6.45) is 1.73. The van der Waals surface area contributed by atoms with Gasteiger partial charge in [-0.1, -0.05) is 6.92 Å². The summed E-state index contributed by atoms with van der Waals surface area (Å²) in [6, 6.07) is 0. The Kier molecular flexibility index (Phi) is 5.25. The molecule has 21 heavy (non-hydrogen) atoms. The molecule has 0 aromatic heterocycles. The van der Waals surface area contributed by atoms with Gasteiger partial charge in [-0.15, -0.1) is 0 Å². The Morgan fingerprint density at radius 3 is 2.52 bits per heavy atom. The molecule has 5 nitrogen and oxygen atoms in total. The van der Waals surface area contributed by atoms with Crippen molar-refractivity contribution >= 4 is 11.9 Å². The second kappa shape index (κ2) is 6.77. The fraction of sp³-hybridized carbons (Fsp3) is 0.875. The van der Waals surface area contributed by atoms with E-state index in [0.717, 1.165) is 19.4 Å². The normalized spacial score (nSPS) is 36.6. The van der Waals surface area contributed by atoms with Crippen molar-refractivity contribution in [3.8, 4) is 0 Å². The fourth-order valence-electron chi connectivity index (χ4n) is 3.53. The third kappa shape index (κ3) is 3.39. The van der Waals surface area contributed by atoms with E-state index >= 15 is 0 Å². The molecule has 5 heteroatoms. The monoisotopic (exact) mass is 297 g/mol. The van der Waals surface area contributed by atoms with E-state index in [1.165, 1.54) is 0 Å². The number of rotatable bonds is 3. The summed E-state index contributed by atoms with van der Waals surface area (Å²) >= 11 is 0. The zero-order valence-electron chi connectivity index (χ0n) is 13.5. The molecule has 0 bridgehead atoms. The predicted octanol–water partition coefficient (Wildman–Crippen LogP) is 1.85. The highest BCUT2D eigenvalue weighted by Gasteiger charge is 2.44. The molecular formula is C16H27NO4. The first-order valence-corrected chi connectivity index (χ1v) is 8.06. The van der Waals surface area contributed by atoms with E-state index < -0.39 is 0 Å². The average molecular weight is 297 g/mol. The first-order chi connectivity index (χ1) is 9.95. The molecule has 5 atom stereocenters. The van der Waals surface area contributed by atoms with Crippen LogP contribution in [0.25, 0.3) is 0 Å². The predicted molar refractivity (Wildman–Crippen MR) is 78.6 cm³/mol. The third-order valence-electron chi connectivity index (χ3n) is 4.88. The van der Waals surface area contributed by atoms with Crippen molar-refractivity contribution in [2.45, 2.75) is 52.7 Å². The quantitative estimate of drug-likeness (QED) is 0.746. The fourth-order valence-corrected chi connectivity index (χ4v) is 3.53. The molecule has 2 aliphatic rings. The molecule has 5 unspecified atom stereocenters. The highest BCUT2D eigenvalue weighted by molar-refractivity contribution is 5.81. The van der Waals surface area contributed by atoms with Gasteiger partial charge in [0.1, 0.15) is 0 Å². The maximum absolute atomic E-state index is 12.8. The summed E-state index contributed by atoms with van der Waals surface area (Å²) in [7, 11) is 0. The molecule has 0 radical (unpaired) electrons. The van der Waals surface area contributed by atoms with Gasteiger partial charge in [-0.25, -0.2) is 0 Å². The van der Waals surface area contributed by atoms with Gasteiger partial charge in [0, 0.05) is 13.1 Å². The number of carbonyl (C=O) groups is 2. The van der Waals surface area contributed by atoms with Crippen LogP contribution in [-0.2, 0) is 19.1 Å². The minimum atomic E-state index is -0.174. The van der Waals surface area contributed by atoms with Crippen molar-refractivity contribution in [3.63, 3.8) is 0 Å². The topological polar surface area (TPSA) is 55.8 Å². The summed E-state index contributed by atoms with van der Waals surface area (Å²) in [5.74, 6) is -0.0927. The first kappa shape index (κ1) is 16.3. The van der Waals surface area contributed by atoms with Gasteiger partial charge >= 0.3 is 5.97 Å². The van der Waals surface area contributed by atoms with Gasteiger partial charge in [0.2, 0.25) is 5.91 Å². The van der Waals surface area contributed by atoms with Crippen LogP contribution in [0, 0.1) is 17.8 Å². The van der Waals surface area contributed by atoms with Crippen LogP contribution >= 0.6 is 0 Å². The SMILES string of the molecule is CCOC(=O)C1CCCN(C(=O)C2C(C)OC(C)C2C)C1. The number of likely N-dealkylation sites (tertiary alicyclic amines) is 1. The zero-order valence-corrected chi connectivity index (χ0v) is 13.5. The lowest BCUT2D eigenvalue weighted by Gasteiger charge is -2.34. The molecule has 2 fully saturated rings. The molecule has 2 saturated heterocycles. The minimum Gasteiger partial charge on any atom is -0.466 e. The molecule has 0 aromatic carbocycles. The van der Waals surface area contributed by atoms with Crippen LogP contribution in [-0.4, -0.2) is 48.7 Å². The van der Waals surface area contributed by atoms with Crippen molar-refractivity contribution in [1.82, 2.24) is 4.90 Å². The van der Waals surface area contributed by atoms with Gasteiger partial charge < -0.3 is 14.4 Å². The molecule has 0 aliphatic carbocycles. The molecule has 0 aromatic rings. The third-order valence-corrected chi connectivity index (χ3v) is 4.88. The van der Waals surface area contributed by atoms with Crippen molar-refractivity contribution in [2.24, 2.45) is 17.8 Å². The van der Waals surface area contributed by atoms with Crippen molar-refractivity contribution < 1.29 is 19.1 Å². The Balaban J connectivity index is 2.00. The largest absolute Gasteiger partial charge is 0.466 e. The second-order valence-electron chi connectivity index (χ2n) is 6.31. The maximum Gasteiger partial charge on any atom is 0.310 e. The number of hydrogen-bond donors (Lipinski definition) is 0. The molecule has 2 rings (SSSR count). The Bertz CT molecular complexity index is 398. The van der Waals surface area contributed by atoms with Crippen LogP contribution in [0.15, 0.2) is 0 Å². The van der Waals surface area contributed by atoms with E-state index in [4.69, 9.17) is 9.47 Å². The van der Waals surface area contributed by atoms with Crippen molar-refractivity contribution in [1.29, 1.82) is 0 Å². The van der Waals surface area contributed by atoms with E-state index in [0.29, 0.717) is 13.2 Å². The second-order valence-corrected chi connectivity index (χ2v) is 6.31. The van der Waals surface area contributed by atoms with Crippen LogP contribution < -0.4 is 0 Å². The minimum absolute atomic E-state index is 0.0505. The number of amides is 1. The van der Waals surface area contributed by atoms with Gasteiger partial charge in [-0.2, -0.15) is 0 Å². The van der Waals surface area contributed by atoms with E-state index in [-0.39, 0.29) is 41.8 Å². The van der Waals surface area contributed by atoms with E-state index in [2.05, 4.69) is 6.92 Å². The van der Waals surface area contributed by atoms with Gasteiger partial charge in [0.15, 0.2) is 0 Å².